The number of nitrogens with zero attached hydrogens (tertiary/aromatic N) is 1. The molecular weight excluding hydrogens is 230 g/mol. The summed E-state index contributed by atoms with van der Waals surface area (Å²) in [5.74, 6) is -0.310. The van der Waals surface area contributed by atoms with Gasteiger partial charge < -0.3 is 10.0 Å². The number of amides is 1. The predicted molar refractivity (Wildman–Crippen MR) is 68.1 cm³/mol. The van der Waals surface area contributed by atoms with E-state index in [0.717, 1.165) is 25.9 Å². The van der Waals surface area contributed by atoms with Crippen LogP contribution in [0.4, 0.5) is 0 Å². The van der Waals surface area contributed by atoms with Crippen molar-refractivity contribution in [2.24, 2.45) is 17.8 Å². The molecule has 1 N–H and O–H groups in total. The van der Waals surface area contributed by atoms with Crippen LogP contribution in [0.3, 0.4) is 0 Å². The van der Waals surface area contributed by atoms with Crippen LogP contribution in [0.5, 0.6) is 0 Å². The number of aliphatic carboxylic acids is 1. The summed E-state index contributed by atoms with van der Waals surface area (Å²) in [6.07, 6.45) is 5.44. The lowest BCUT2D eigenvalue weighted by Crippen LogP contribution is -2.38. The third-order valence-electron chi connectivity index (χ3n) is 4.35. The maximum atomic E-state index is 12.4. The Morgan fingerprint density at radius 3 is 2.50 bits per heavy atom. The van der Waals surface area contributed by atoms with Gasteiger partial charge in [-0.25, -0.2) is 0 Å². The van der Waals surface area contributed by atoms with E-state index in [1.807, 2.05) is 4.90 Å². The fraction of sp³-hybridized carbons (Fsp3) is 0.857. The molecule has 4 heteroatoms. The molecule has 1 aliphatic carbocycles. The molecule has 0 aromatic carbocycles. The van der Waals surface area contributed by atoms with Gasteiger partial charge in [0.05, 0.1) is 5.92 Å². The Morgan fingerprint density at radius 1 is 1.11 bits per heavy atom. The molecule has 0 radical (unpaired) electrons. The van der Waals surface area contributed by atoms with Gasteiger partial charge in [0.15, 0.2) is 0 Å². The van der Waals surface area contributed by atoms with Gasteiger partial charge >= 0.3 is 5.97 Å². The monoisotopic (exact) mass is 253 g/mol. The SMILES string of the molecule is CC1CCCCN(C(=O)[C@@H]2CC[C@H](C(=O)O)C2)C1. The molecule has 0 aromatic rings. The van der Waals surface area contributed by atoms with E-state index in [1.54, 1.807) is 0 Å². The van der Waals surface area contributed by atoms with Crippen molar-refractivity contribution < 1.29 is 14.7 Å². The average Bonchev–Trinajstić information content (AvgIpc) is 2.72. The molecule has 0 bridgehead atoms. The normalized spacial score (nSPS) is 33.2. The highest BCUT2D eigenvalue weighted by molar-refractivity contribution is 5.81. The van der Waals surface area contributed by atoms with Crippen molar-refractivity contribution in [2.75, 3.05) is 13.1 Å². The molecule has 4 nitrogen and oxygen atoms in total. The van der Waals surface area contributed by atoms with Crippen LogP contribution in [0.15, 0.2) is 0 Å². The van der Waals surface area contributed by atoms with Gasteiger partial charge in [-0.2, -0.15) is 0 Å². The molecule has 18 heavy (non-hydrogen) atoms. The Balaban J connectivity index is 1.92. The van der Waals surface area contributed by atoms with E-state index >= 15 is 0 Å². The largest absolute Gasteiger partial charge is 0.481 e. The van der Waals surface area contributed by atoms with Crippen molar-refractivity contribution in [2.45, 2.75) is 45.4 Å². The standard InChI is InChI=1S/C14H23NO3/c1-10-4-2-3-7-15(9-10)13(16)11-5-6-12(8-11)14(17)18/h10-12H,2-9H2,1H3,(H,17,18)/t10?,11-,12+/m1/s1. The quantitative estimate of drug-likeness (QED) is 0.820. The molecule has 0 aromatic heterocycles. The number of carboxylic acid groups (broad SMARTS) is 1. The Kier molecular flexibility index (Phi) is 4.25. The van der Waals surface area contributed by atoms with Crippen LogP contribution in [0.2, 0.25) is 0 Å². The van der Waals surface area contributed by atoms with Crippen molar-refractivity contribution >= 4 is 11.9 Å². The van der Waals surface area contributed by atoms with Crippen molar-refractivity contribution in [1.82, 2.24) is 4.90 Å². The molecule has 2 aliphatic rings. The number of carboxylic acids is 1. The van der Waals surface area contributed by atoms with Crippen LogP contribution in [0, 0.1) is 17.8 Å². The summed E-state index contributed by atoms with van der Waals surface area (Å²) in [6.45, 7) is 3.91. The Bertz CT molecular complexity index is 329. The molecule has 1 unspecified atom stereocenters. The van der Waals surface area contributed by atoms with Gasteiger partial charge in [-0.3, -0.25) is 9.59 Å². The van der Waals surface area contributed by atoms with E-state index in [0.29, 0.717) is 18.8 Å². The van der Waals surface area contributed by atoms with E-state index in [-0.39, 0.29) is 17.7 Å². The van der Waals surface area contributed by atoms with Gasteiger partial charge in [0.25, 0.3) is 0 Å². The number of carbonyl (C=O) groups excluding carboxylic acids is 1. The molecule has 2 rings (SSSR count). The third-order valence-corrected chi connectivity index (χ3v) is 4.35. The summed E-state index contributed by atoms with van der Waals surface area (Å²) in [7, 11) is 0. The van der Waals surface area contributed by atoms with E-state index in [1.165, 1.54) is 12.8 Å². The number of hydrogen-bond donors (Lipinski definition) is 1. The Morgan fingerprint density at radius 2 is 1.83 bits per heavy atom. The molecule has 0 spiro atoms. The molecule has 3 atom stereocenters. The first kappa shape index (κ1) is 13.4. The zero-order valence-electron chi connectivity index (χ0n) is 11.1. The van der Waals surface area contributed by atoms with Crippen LogP contribution in [-0.2, 0) is 9.59 Å². The molecule has 1 aliphatic heterocycles. The second-order valence-electron chi connectivity index (χ2n) is 5.93. The van der Waals surface area contributed by atoms with Crippen molar-refractivity contribution in [3.8, 4) is 0 Å². The molecule has 2 fully saturated rings. The summed E-state index contributed by atoms with van der Waals surface area (Å²) in [5.41, 5.74) is 0. The first-order valence-electron chi connectivity index (χ1n) is 7.09. The fourth-order valence-electron chi connectivity index (χ4n) is 3.24. The Hall–Kier alpha value is -1.06. The first-order valence-corrected chi connectivity index (χ1v) is 7.09. The highest BCUT2D eigenvalue weighted by Crippen LogP contribution is 2.33. The predicted octanol–water partition coefficient (Wildman–Crippen LogP) is 2.14. The number of carbonyl (C=O) groups is 2. The zero-order chi connectivity index (χ0) is 13.1. The minimum absolute atomic E-state index is 0.0450. The molecule has 1 saturated heterocycles. The highest BCUT2D eigenvalue weighted by atomic mass is 16.4. The number of rotatable bonds is 2. The van der Waals surface area contributed by atoms with Crippen LogP contribution < -0.4 is 0 Å². The van der Waals surface area contributed by atoms with Gasteiger partial charge in [-0.05, 0) is 38.0 Å². The number of hydrogen-bond acceptors (Lipinski definition) is 2. The molecule has 1 heterocycles. The van der Waals surface area contributed by atoms with Crippen molar-refractivity contribution in [1.29, 1.82) is 0 Å². The summed E-state index contributed by atoms with van der Waals surface area (Å²) in [5, 5.41) is 8.99. The molecular formula is C14H23NO3. The van der Waals surface area contributed by atoms with Crippen molar-refractivity contribution in [3.63, 3.8) is 0 Å². The van der Waals surface area contributed by atoms with Crippen LogP contribution in [0.1, 0.15) is 45.4 Å². The average molecular weight is 253 g/mol. The second kappa shape index (κ2) is 5.72. The molecule has 1 amide bonds. The molecule has 102 valence electrons. The van der Waals surface area contributed by atoms with Crippen molar-refractivity contribution in [3.05, 3.63) is 0 Å². The summed E-state index contributed by atoms with van der Waals surface area (Å²) >= 11 is 0. The van der Waals surface area contributed by atoms with E-state index in [9.17, 15) is 9.59 Å². The van der Waals surface area contributed by atoms with Crippen LogP contribution in [0.25, 0.3) is 0 Å². The number of likely N-dealkylation sites (tertiary alicyclic amines) is 1. The smallest absolute Gasteiger partial charge is 0.306 e. The van der Waals surface area contributed by atoms with Crippen LogP contribution >= 0.6 is 0 Å². The van der Waals surface area contributed by atoms with Crippen LogP contribution in [-0.4, -0.2) is 35.0 Å². The topological polar surface area (TPSA) is 57.6 Å². The fourth-order valence-corrected chi connectivity index (χ4v) is 3.24. The minimum Gasteiger partial charge on any atom is -0.481 e. The third kappa shape index (κ3) is 3.03. The lowest BCUT2D eigenvalue weighted by Gasteiger charge is -2.25. The highest BCUT2D eigenvalue weighted by Gasteiger charge is 2.36. The zero-order valence-corrected chi connectivity index (χ0v) is 11.1. The van der Waals surface area contributed by atoms with Gasteiger partial charge in [-0.1, -0.05) is 13.3 Å². The maximum Gasteiger partial charge on any atom is 0.306 e. The van der Waals surface area contributed by atoms with E-state index in [2.05, 4.69) is 6.92 Å². The summed E-state index contributed by atoms with van der Waals surface area (Å²) < 4.78 is 0. The Labute approximate surface area is 108 Å². The minimum atomic E-state index is -0.741. The first-order chi connectivity index (χ1) is 8.58. The second-order valence-corrected chi connectivity index (χ2v) is 5.93. The maximum absolute atomic E-state index is 12.4. The lowest BCUT2D eigenvalue weighted by atomic mass is 10.0. The van der Waals surface area contributed by atoms with E-state index < -0.39 is 5.97 Å². The molecule has 1 saturated carbocycles. The van der Waals surface area contributed by atoms with E-state index in [4.69, 9.17) is 5.11 Å². The van der Waals surface area contributed by atoms with Gasteiger partial charge in [0.2, 0.25) is 5.91 Å². The van der Waals surface area contributed by atoms with Gasteiger partial charge in [0.1, 0.15) is 0 Å². The summed E-state index contributed by atoms with van der Waals surface area (Å²) in [4.78, 5) is 25.3. The summed E-state index contributed by atoms with van der Waals surface area (Å²) in [6, 6.07) is 0. The van der Waals surface area contributed by atoms with Gasteiger partial charge in [-0.15, -0.1) is 0 Å². The van der Waals surface area contributed by atoms with Gasteiger partial charge in [0, 0.05) is 19.0 Å². The lowest BCUT2D eigenvalue weighted by molar-refractivity contribution is -0.141.